The normalized spacial score (nSPS) is 13.6. The van der Waals surface area contributed by atoms with Crippen molar-refractivity contribution in [3.05, 3.63) is 62.7 Å². The first kappa shape index (κ1) is 17.4. The average Bonchev–Trinajstić information content (AvgIpc) is 2.96. The molecule has 0 fully saturated rings. The summed E-state index contributed by atoms with van der Waals surface area (Å²) in [7, 11) is -3.50. The lowest BCUT2D eigenvalue weighted by Crippen LogP contribution is -2.29. The van der Waals surface area contributed by atoms with Crippen LogP contribution in [0.15, 0.2) is 41.3 Å². The minimum atomic E-state index is -3.50. The molecule has 2 aromatic carbocycles. The van der Waals surface area contributed by atoms with E-state index in [1.807, 2.05) is 0 Å². The van der Waals surface area contributed by atoms with Crippen molar-refractivity contribution in [2.75, 3.05) is 17.7 Å². The third-order valence-corrected chi connectivity index (χ3v) is 5.46. The Labute approximate surface area is 148 Å². The smallest absolute Gasteiger partial charge is 0.271 e. The van der Waals surface area contributed by atoms with E-state index in [1.54, 1.807) is 6.07 Å². The Morgan fingerprint density at radius 1 is 1.24 bits per heavy atom. The van der Waals surface area contributed by atoms with E-state index in [9.17, 15) is 23.3 Å². The SMILES string of the molecule is CS(=O)(=O)c1ccc(Cl)c(C(=O)N2CCc3ccc([N+](=O)[O-])cc32)c1. The molecule has 1 heterocycles. The maximum atomic E-state index is 12.9. The third kappa shape index (κ3) is 3.22. The summed E-state index contributed by atoms with van der Waals surface area (Å²) < 4.78 is 23.4. The molecule has 130 valence electrons. The Morgan fingerprint density at radius 2 is 1.96 bits per heavy atom. The summed E-state index contributed by atoms with van der Waals surface area (Å²) in [4.78, 5) is 24.7. The summed E-state index contributed by atoms with van der Waals surface area (Å²) in [6.45, 7) is 0.342. The van der Waals surface area contributed by atoms with E-state index in [1.165, 1.54) is 35.2 Å². The highest BCUT2D eigenvalue weighted by Gasteiger charge is 2.29. The fraction of sp³-hybridized carbons (Fsp3) is 0.188. The van der Waals surface area contributed by atoms with Gasteiger partial charge in [-0.2, -0.15) is 0 Å². The molecule has 0 saturated heterocycles. The highest BCUT2D eigenvalue weighted by atomic mass is 35.5. The van der Waals surface area contributed by atoms with Crippen molar-refractivity contribution in [1.82, 2.24) is 0 Å². The van der Waals surface area contributed by atoms with Crippen molar-refractivity contribution < 1.29 is 18.1 Å². The monoisotopic (exact) mass is 380 g/mol. The lowest BCUT2D eigenvalue weighted by Gasteiger charge is -2.18. The van der Waals surface area contributed by atoms with Gasteiger partial charge in [-0.05, 0) is 30.2 Å². The minimum absolute atomic E-state index is 0.0151. The second kappa shape index (κ2) is 6.12. The molecule has 0 aliphatic carbocycles. The zero-order valence-corrected chi connectivity index (χ0v) is 14.7. The molecule has 0 atom stereocenters. The number of carbonyl (C=O) groups is 1. The standard InChI is InChI=1S/C16H13ClN2O5S/c1-25(23,24)12-4-5-14(17)13(9-12)16(20)18-7-6-10-2-3-11(19(21)22)8-15(10)18/h2-5,8-9H,6-7H2,1H3. The molecule has 1 amide bonds. The van der Waals surface area contributed by atoms with Crippen LogP contribution >= 0.6 is 11.6 Å². The number of amides is 1. The molecule has 0 unspecified atom stereocenters. The van der Waals surface area contributed by atoms with Gasteiger partial charge in [0.1, 0.15) is 0 Å². The highest BCUT2D eigenvalue weighted by Crippen LogP contribution is 2.34. The number of rotatable bonds is 3. The fourth-order valence-corrected chi connectivity index (χ4v) is 3.58. The number of hydrogen-bond acceptors (Lipinski definition) is 5. The topological polar surface area (TPSA) is 97.6 Å². The second-order valence-corrected chi connectivity index (χ2v) is 8.11. The molecule has 9 heteroatoms. The van der Waals surface area contributed by atoms with Crippen LogP contribution in [0.3, 0.4) is 0 Å². The van der Waals surface area contributed by atoms with Crippen LogP contribution in [0.1, 0.15) is 15.9 Å². The van der Waals surface area contributed by atoms with Crippen LogP contribution in [0.25, 0.3) is 0 Å². The van der Waals surface area contributed by atoms with Gasteiger partial charge in [-0.25, -0.2) is 8.42 Å². The van der Waals surface area contributed by atoms with Crippen LogP contribution in [-0.4, -0.2) is 32.0 Å². The number of sulfone groups is 1. The number of benzene rings is 2. The van der Waals surface area contributed by atoms with Crippen molar-refractivity contribution in [1.29, 1.82) is 0 Å². The predicted octanol–water partition coefficient (Wildman–Crippen LogP) is 2.85. The van der Waals surface area contributed by atoms with Gasteiger partial charge in [0, 0.05) is 24.9 Å². The van der Waals surface area contributed by atoms with E-state index in [0.29, 0.717) is 18.7 Å². The number of carbonyl (C=O) groups excluding carboxylic acids is 1. The van der Waals surface area contributed by atoms with Gasteiger partial charge in [0.05, 0.1) is 26.1 Å². The number of nitro benzene ring substituents is 1. The molecular weight excluding hydrogens is 368 g/mol. The molecule has 1 aliphatic rings. The first-order chi connectivity index (χ1) is 11.7. The first-order valence-corrected chi connectivity index (χ1v) is 9.54. The maximum Gasteiger partial charge on any atom is 0.271 e. The van der Waals surface area contributed by atoms with Crippen LogP contribution in [0, 0.1) is 10.1 Å². The largest absolute Gasteiger partial charge is 0.307 e. The maximum absolute atomic E-state index is 12.9. The van der Waals surface area contributed by atoms with Crippen LogP contribution in [0.5, 0.6) is 0 Å². The second-order valence-electron chi connectivity index (χ2n) is 5.69. The summed E-state index contributed by atoms with van der Waals surface area (Å²) in [6, 6.07) is 8.27. The lowest BCUT2D eigenvalue weighted by atomic mass is 10.1. The van der Waals surface area contributed by atoms with Crippen LogP contribution in [0.4, 0.5) is 11.4 Å². The van der Waals surface area contributed by atoms with Crippen LogP contribution < -0.4 is 4.90 Å². The Bertz CT molecular complexity index is 1000. The lowest BCUT2D eigenvalue weighted by molar-refractivity contribution is -0.384. The molecule has 0 spiro atoms. The van der Waals surface area contributed by atoms with Crippen molar-refractivity contribution in [3.8, 4) is 0 Å². The highest BCUT2D eigenvalue weighted by molar-refractivity contribution is 7.90. The van der Waals surface area contributed by atoms with E-state index in [0.717, 1.165) is 11.8 Å². The van der Waals surface area contributed by atoms with Crippen molar-refractivity contribution in [3.63, 3.8) is 0 Å². The van der Waals surface area contributed by atoms with Gasteiger partial charge in [0.15, 0.2) is 9.84 Å². The summed E-state index contributed by atoms with van der Waals surface area (Å²) in [6.07, 6.45) is 1.60. The zero-order valence-electron chi connectivity index (χ0n) is 13.1. The molecular formula is C16H13ClN2O5S. The zero-order chi connectivity index (χ0) is 18.4. The van der Waals surface area contributed by atoms with E-state index < -0.39 is 20.7 Å². The Balaban J connectivity index is 2.05. The van der Waals surface area contributed by atoms with Gasteiger partial charge >= 0.3 is 0 Å². The quantitative estimate of drug-likeness (QED) is 0.602. The van der Waals surface area contributed by atoms with Gasteiger partial charge in [-0.3, -0.25) is 14.9 Å². The number of non-ortho nitro benzene ring substituents is 1. The summed E-state index contributed by atoms with van der Waals surface area (Å²) in [5.41, 5.74) is 1.19. The first-order valence-electron chi connectivity index (χ1n) is 7.27. The molecule has 0 radical (unpaired) electrons. The van der Waals surface area contributed by atoms with Gasteiger partial charge < -0.3 is 4.90 Å². The van der Waals surface area contributed by atoms with Gasteiger partial charge in [0.2, 0.25) is 0 Å². The summed E-state index contributed by atoms with van der Waals surface area (Å²) >= 11 is 6.08. The molecule has 0 N–H and O–H groups in total. The minimum Gasteiger partial charge on any atom is -0.307 e. The fourth-order valence-electron chi connectivity index (χ4n) is 2.74. The Hall–Kier alpha value is -2.45. The van der Waals surface area contributed by atoms with Crippen molar-refractivity contribution in [2.24, 2.45) is 0 Å². The predicted molar refractivity (Wildman–Crippen MR) is 93.0 cm³/mol. The number of halogens is 1. The Morgan fingerprint density at radius 3 is 2.60 bits per heavy atom. The van der Waals surface area contributed by atoms with Crippen molar-refractivity contribution in [2.45, 2.75) is 11.3 Å². The average molecular weight is 381 g/mol. The van der Waals surface area contributed by atoms with Gasteiger partial charge in [-0.15, -0.1) is 0 Å². The number of nitrogens with zero attached hydrogens (tertiary/aromatic N) is 2. The number of hydrogen-bond donors (Lipinski definition) is 0. The summed E-state index contributed by atoms with van der Waals surface area (Å²) in [5, 5.41) is 11.1. The molecule has 25 heavy (non-hydrogen) atoms. The van der Waals surface area contributed by atoms with Crippen molar-refractivity contribution >= 4 is 38.7 Å². The molecule has 0 saturated carbocycles. The molecule has 3 rings (SSSR count). The Kier molecular flexibility index (Phi) is 4.26. The molecule has 0 bridgehead atoms. The summed E-state index contributed by atoms with van der Waals surface area (Å²) in [5.74, 6) is -0.491. The molecule has 1 aliphatic heterocycles. The van der Waals surface area contributed by atoms with Crippen LogP contribution in [0.2, 0.25) is 5.02 Å². The van der Waals surface area contributed by atoms with Gasteiger partial charge in [0.25, 0.3) is 11.6 Å². The number of nitro groups is 1. The molecule has 2 aromatic rings. The molecule has 7 nitrogen and oxygen atoms in total. The van der Waals surface area contributed by atoms with E-state index in [-0.39, 0.29) is 21.2 Å². The van der Waals surface area contributed by atoms with Crippen LogP contribution in [-0.2, 0) is 16.3 Å². The number of anilines is 1. The van der Waals surface area contributed by atoms with E-state index in [2.05, 4.69) is 0 Å². The number of fused-ring (bicyclic) bond motifs is 1. The van der Waals surface area contributed by atoms with E-state index >= 15 is 0 Å². The van der Waals surface area contributed by atoms with Gasteiger partial charge in [-0.1, -0.05) is 17.7 Å². The molecule has 0 aromatic heterocycles. The van der Waals surface area contributed by atoms with E-state index in [4.69, 9.17) is 11.6 Å². The third-order valence-electron chi connectivity index (χ3n) is 4.02.